The van der Waals surface area contributed by atoms with Crippen LogP contribution in [0.4, 0.5) is 0 Å². The molecule has 0 atom stereocenters. The fourth-order valence-corrected chi connectivity index (χ4v) is 1.03. The minimum atomic E-state index is 0.808. The van der Waals surface area contributed by atoms with Crippen LogP contribution in [-0.2, 0) is 0 Å². The Kier molecular flexibility index (Phi) is 10.8. The topological polar surface area (TPSA) is 39.3 Å². The molecule has 0 aromatic rings. The van der Waals surface area contributed by atoms with Crippen molar-refractivity contribution in [1.29, 1.82) is 0 Å². The second kappa shape index (κ2) is 10.9. The van der Waals surface area contributed by atoms with E-state index in [2.05, 4.69) is 41.9 Å². The molecule has 4 heteroatoms. The summed E-state index contributed by atoms with van der Waals surface area (Å²) in [4.78, 5) is 2.18. The lowest BCUT2D eigenvalue weighted by molar-refractivity contribution is 0.399. The monoisotopic (exact) mass is 201 g/mol. The molecule has 0 aromatic heterocycles. The lowest BCUT2D eigenvalue weighted by atomic mass is 10.5. The van der Waals surface area contributed by atoms with Crippen molar-refractivity contribution in [2.75, 3.05) is 59.9 Å². The molecule has 0 rings (SSSR count). The van der Waals surface area contributed by atoms with E-state index in [0.717, 1.165) is 45.8 Å². The van der Waals surface area contributed by atoms with E-state index in [4.69, 9.17) is 0 Å². The van der Waals surface area contributed by atoms with Crippen LogP contribution < -0.4 is 16.0 Å². The summed E-state index contributed by atoms with van der Waals surface area (Å²) in [6.07, 6.45) is 0. The quantitative estimate of drug-likeness (QED) is 0.403. The molecule has 0 saturated carbocycles. The molecule has 0 bridgehead atoms. The van der Waals surface area contributed by atoms with Gasteiger partial charge in [-0.1, -0.05) is 0 Å². The smallest absolute Gasteiger partial charge is 0.0101 e. The Morgan fingerprint density at radius 3 is 1.86 bits per heavy atom. The molecule has 0 amide bonds. The van der Waals surface area contributed by atoms with Gasteiger partial charge in [-0.3, -0.25) is 0 Å². The van der Waals surface area contributed by atoms with Crippen LogP contribution in [0.3, 0.4) is 0 Å². The van der Waals surface area contributed by atoms with Crippen molar-refractivity contribution in [3.05, 3.63) is 6.92 Å². The highest BCUT2D eigenvalue weighted by Crippen LogP contribution is 1.69. The van der Waals surface area contributed by atoms with E-state index in [9.17, 15) is 0 Å². The predicted molar refractivity (Wildman–Crippen MR) is 62.5 cm³/mol. The van der Waals surface area contributed by atoms with Crippen LogP contribution in [0.15, 0.2) is 0 Å². The van der Waals surface area contributed by atoms with E-state index in [1.807, 2.05) is 0 Å². The van der Waals surface area contributed by atoms with Crippen LogP contribution in [0.1, 0.15) is 0 Å². The summed E-state index contributed by atoms with van der Waals surface area (Å²) in [5.41, 5.74) is 0. The van der Waals surface area contributed by atoms with Gasteiger partial charge in [0.2, 0.25) is 0 Å². The maximum Gasteiger partial charge on any atom is 0.0101 e. The van der Waals surface area contributed by atoms with E-state index in [1.54, 1.807) is 0 Å². The van der Waals surface area contributed by atoms with Gasteiger partial charge in [0, 0.05) is 39.3 Å². The molecular weight excluding hydrogens is 176 g/mol. The van der Waals surface area contributed by atoms with Gasteiger partial charge in [-0.25, -0.2) is 0 Å². The third-order valence-electron chi connectivity index (χ3n) is 1.87. The van der Waals surface area contributed by atoms with Crippen LogP contribution >= 0.6 is 0 Å². The first-order chi connectivity index (χ1) is 6.77. The number of likely N-dealkylation sites (N-methyl/N-ethyl adjacent to an activating group) is 1. The van der Waals surface area contributed by atoms with Crippen molar-refractivity contribution < 1.29 is 0 Å². The molecule has 85 valence electrons. The van der Waals surface area contributed by atoms with E-state index < -0.39 is 0 Å². The van der Waals surface area contributed by atoms with Crippen LogP contribution in [0.25, 0.3) is 0 Å². The van der Waals surface area contributed by atoms with Gasteiger partial charge in [-0.15, -0.1) is 0 Å². The second-order valence-electron chi connectivity index (χ2n) is 3.55. The Bertz CT molecular complexity index is 106. The maximum atomic E-state index is 3.70. The molecule has 1 radical (unpaired) electrons. The number of rotatable bonds is 10. The van der Waals surface area contributed by atoms with Crippen molar-refractivity contribution in [1.82, 2.24) is 20.9 Å². The molecule has 3 N–H and O–H groups in total. The van der Waals surface area contributed by atoms with E-state index in [-0.39, 0.29) is 0 Å². The van der Waals surface area contributed by atoms with Gasteiger partial charge < -0.3 is 20.9 Å². The van der Waals surface area contributed by atoms with Gasteiger partial charge in [-0.2, -0.15) is 0 Å². The lowest BCUT2D eigenvalue weighted by Gasteiger charge is -2.10. The highest BCUT2D eigenvalue weighted by Gasteiger charge is 1.89. The Hall–Kier alpha value is -0.160. The van der Waals surface area contributed by atoms with Gasteiger partial charge in [0.05, 0.1) is 0 Å². The summed E-state index contributed by atoms with van der Waals surface area (Å²) in [6.45, 7) is 10.8. The zero-order chi connectivity index (χ0) is 10.6. The molecular formula is C10H25N4. The molecule has 0 aliphatic rings. The molecule has 0 unspecified atom stereocenters. The maximum absolute atomic E-state index is 3.70. The minimum absolute atomic E-state index is 0.808. The lowest BCUT2D eigenvalue weighted by Crippen LogP contribution is -2.34. The fourth-order valence-electron chi connectivity index (χ4n) is 1.03. The van der Waals surface area contributed by atoms with Gasteiger partial charge in [-0.05, 0) is 27.6 Å². The van der Waals surface area contributed by atoms with Gasteiger partial charge in [0.1, 0.15) is 0 Å². The number of hydrogen-bond acceptors (Lipinski definition) is 4. The fraction of sp³-hybridized carbons (Fsp3) is 0.900. The average Bonchev–Trinajstić information content (AvgIpc) is 2.15. The van der Waals surface area contributed by atoms with E-state index >= 15 is 0 Å². The molecule has 0 heterocycles. The van der Waals surface area contributed by atoms with Crippen molar-refractivity contribution in [2.45, 2.75) is 0 Å². The van der Waals surface area contributed by atoms with Crippen molar-refractivity contribution in [2.24, 2.45) is 0 Å². The summed E-state index contributed by atoms with van der Waals surface area (Å²) in [7, 11) is 4.18. The largest absolute Gasteiger partial charge is 0.315 e. The molecule has 4 nitrogen and oxygen atoms in total. The van der Waals surface area contributed by atoms with Crippen molar-refractivity contribution in [3.8, 4) is 0 Å². The Morgan fingerprint density at radius 2 is 1.36 bits per heavy atom. The van der Waals surface area contributed by atoms with Crippen LogP contribution in [-0.4, -0.2) is 64.8 Å². The second-order valence-corrected chi connectivity index (χ2v) is 3.55. The predicted octanol–water partition coefficient (Wildman–Crippen LogP) is -0.849. The van der Waals surface area contributed by atoms with Gasteiger partial charge in [0.15, 0.2) is 0 Å². The summed E-state index contributed by atoms with van der Waals surface area (Å²) in [5, 5.41) is 9.88. The normalized spacial score (nSPS) is 11.1. The Morgan fingerprint density at radius 1 is 0.857 bits per heavy atom. The Labute approximate surface area is 88.4 Å². The first-order valence-corrected chi connectivity index (χ1v) is 5.33. The molecule has 0 spiro atoms. The summed E-state index contributed by atoms with van der Waals surface area (Å²) < 4.78 is 0. The zero-order valence-electron chi connectivity index (χ0n) is 9.60. The highest BCUT2D eigenvalue weighted by molar-refractivity contribution is 4.56. The molecule has 0 fully saturated rings. The van der Waals surface area contributed by atoms with E-state index in [1.165, 1.54) is 0 Å². The summed E-state index contributed by atoms with van der Waals surface area (Å²) >= 11 is 0. The number of nitrogens with one attached hydrogen (secondary N) is 3. The van der Waals surface area contributed by atoms with Crippen molar-refractivity contribution in [3.63, 3.8) is 0 Å². The third-order valence-corrected chi connectivity index (χ3v) is 1.87. The first kappa shape index (κ1) is 13.8. The van der Waals surface area contributed by atoms with Crippen LogP contribution in [0.5, 0.6) is 0 Å². The molecule has 0 aliphatic carbocycles. The molecule has 14 heavy (non-hydrogen) atoms. The summed E-state index contributed by atoms with van der Waals surface area (Å²) in [6, 6.07) is 0. The number of hydrogen-bond donors (Lipinski definition) is 3. The molecule has 0 saturated heterocycles. The Balaban J connectivity index is 2.85. The highest BCUT2D eigenvalue weighted by atomic mass is 15.1. The standard InChI is InChI=1S/C10H25N4/c1-4-11-5-6-12-7-8-13-9-10-14(2)3/h11-13H,1,4-10H2,2-3H3. The van der Waals surface area contributed by atoms with Crippen molar-refractivity contribution >= 4 is 0 Å². The third kappa shape index (κ3) is 11.8. The average molecular weight is 201 g/mol. The first-order valence-electron chi connectivity index (χ1n) is 5.33. The van der Waals surface area contributed by atoms with Gasteiger partial charge >= 0.3 is 0 Å². The zero-order valence-corrected chi connectivity index (χ0v) is 9.60. The molecule has 0 aromatic carbocycles. The van der Waals surface area contributed by atoms with Crippen LogP contribution in [0, 0.1) is 6.92 Å². The van der Waals surface area contributed by atoms with Crippen LogP contribution in [0.2, 0.25) is 0 Å². The molecule has 0 aliphatic heterocycles. The van der Waals surface area contributed by atoms with Gasteiger partial charge in [0.25, 0.3) is 0 Å². The van der Waals surface area contributed by atoms with E-state index in [0.29, 0.717) is 0 Å². The number of nitrogens with zero attached hydrogens (tertiary/aromatic N) is 1. The minimum Gasteiger partial charge on any atom is -0.315 e. The summed E-state index contributed by atoms with van der Waals surface area (Å²) in [5.74, 6) is 0. The SMILES string of the molecule is [CH2]CNCCNCCNCCN(C)C.